The van der Waals surface area contributed by atoms with Crippen LogP contribution in [0.5, 0.6) is 0 Å². The fourth-order valence-corrected chi connectivity index (χ4v) is 5.82. The lowest BCUT2D eigenvalue weighted by Gasteiger charge is -2.24. The first-order valence-electron chi connectivity index (χ1n) is 8.83. The predicted octanol–water partition coefficient (Wildman–Crippen LogP) is 4.26. The Morgan fingerprint density at radius 3 is 2.83 bits per heavy atom. The second-order valence-corrected chi connectivity index (χ2v) is 7.57. The Labute approximate surface area is 134 Å². The zero-order valence-electron chi connectivity index (χ0n) is 12.9. The van der Waals surface area contributed by atoms with Gasteiger partial charge in [0.1, 0.15) is 18.3 Å². The Balaban J connectivity index is 1.89. The molecule has 1 fully saturated rings. The Bertz CT molecular complexity index is 1180. The molecule has 1 aliphatic carbocycles. The van der Waals surface area contributed by atoms with Gasteiger partial charge in [0.15, 0.2) is 5.69 Å². The Morgan fingerprint density at radius 1 is 0.957 bits per heavy atom. The van der Waals surface area contributed by atoms with E-state index >= 15 is 0 Å². The molecule has 3 aliphatic rings. The van der Waals surface area contributed by atoms with Crippen LogP contribution in [-0.4, -0.2) is 4.40 Å². The van der Waals surface area contributed by atoms with Gasteiger partial charge in [-0.3, -0.25) is 0 Å². The van der Waals surface area contributed by atoms with E-state index in [1.54, 1.807) is 11.3 Å². The van der Waals surface area contributed by atoms with Gasteiger partial charge in [-0.1, -0.05) is 42.8 Å². The van der Waals surface area contributed by atoms with Crippen LogP contribution in [0.1, 0.15) is 47.9 Å². The number of nitrogens with zero attached hydrogens (tertiary/aromatic N) is 2. The molecule has 23 heavy (non-hydrogen) atoms. The van der Waals surface area contributed by atoms with Crippen LogP contribution in [0, 0.1) is 0 Å². The molecule has 2 aromatic heterocycles. The number of hydrogen-bond donors (Lipinski definition) is 0. The van der Waals surface area contributed by atoms with Crippen molar-refractivity contribution >= 4 is 27.3 Å². The molecule has 7 rings (SSSR count). The fraction of sp³-hybridized carbons (Fsp3) is 0.286. The standard InChI is InChI=1S/C21H17N2/c1-4-12-10-22-11-18-14-6-2-5-13(14)16-8-3-9-17-15(7-1)19(12)21(22)23(18)20(16)17/h1,3-4,7-9,11,13-14H,2,5-6,10H2/q+1. The molecule has 110 valence electrons. The minimum absolute atomic E-state index is 0.726. The van der Waals surface area contributed by atoms with Crippen LogP contribution < -0.4 is 4.57 Å². The summed E-state index contributed by atoms with van der Waals surface area (Å²) >= 11 is 0. The van der Waals surface area contributed by atoms with Crippen molar-refractivity contribution in [2.45, 2.75) is 37.6 Å². The van der Waals surface area contributed by atoms with Crippen molar-refractivity contribution in [3.8, 4) is 0 Å². The van der Waals surface area contributed by atoms with Crippen molar-refractivity contribution in [2.24, 2.45) is 0 Å². The Morgan fingerprint density at radius 2 is 1.83 bits per heavy atom. The maximum Gasteiger partial charge on any atom is 0.295 e. The summed E-state index contributed by atoms with van der Waals surface area (Å²) in [5.41, 5.74) is 7.58. The largest absolute Gasteiger partial charge is 0.295 e. The number of rotatable bonds is 0. The van der Waals surface area contributed by atoms with Gasteiger partial charge in [0.05, 0.1) is 5.39 Å². The highest BCUT2D eigenvalue weighted by atomic mass is 15.1. The zero-order valence-corrected chi connectivity index (χ0v) is 12.9. The number of hydrogen-bond acceptors (Lipinski definition) is 0. The minimum atomic E-state index is 0.726. The van der Waals surface area contributed by atoms with Crippen LogP contribution in [0.2, 0.25) is 0 Å². The van der Waals surface area contributed by atoms with E-state index in [9.17, 15) is 0 Å². The topological polar surface area (TPSA) is 8.29 Å². The van der Waals surface area contributed by atoms with Gasteiger partial charge in [0.2, 0.25) is 0 Å². The highest BCUT2D eigenvalue weighted by Gasteiger charge is 2.43. The molecule has 4 aromatic rings. The van der Waals surface area contributed by atoms with E-state index in [-0.39, 0.29) is 0 Å². The van der Waals surface area contributed by atoms with Crippen molar-refractivity contribution < 1.29 is 4.57 Å². The monoisotopic (exact) mass is 297 g/mol. The predicted molar refractivity (Wildman–Crippen MR) is 91.0 cm³/mol. The van der Waals surface area contributed by atoms with Gasteiger partial charge in [-0.2, -0.15) is 4.40 Å². The molecule has 0 N–H and O–H groups in total. The van der Waals surface area contributed by atoms with Gasteiger partial charge < -0.3 is 0 Å². The lowest BCUT2D eigenvalue weighted by Crippen LogP contribution is -2.28. The van der Waals surface area contributed by atoms with E-state index in [0.717, 1.165) is 18.4 Å². The minimum Gasteiger partial charge on any atom is -0.225 e. The molecule has 0 radical (unpaired) electrons. The van der Waals surface area contributed by atoms with Gasteiger partial charge in [0, 0.05) is 27.8 Å². The Kier molecular flexibility index (Phi) is 1.67. The molecule has 0 saturated heterocycles. The van der Waals surface area contributed by atoms with E-state index < -0.39 is 0 Å². The third-order valence-electron chi connectivity index (χ3n) is 6.62. The lowest BCUT2D eigenvalue weighted by atomic mass is 9.82. The summed E-state index contributed by atoms with van der Waals surface area (Å²) in [4.78, 5) is 0. The van der Waals surface area contributed by atoms with E-state index in [4.69, 9.17) is 0 Å². The number of para-hydroxylation sites is 1. The zero-order chi connectivity index (χ0) is 14.7. The van der Waals surface area contributed by atoms with E-state index in [0.29, 0.717) is 0 Å². The summed E-state index contributed by atoms with van der Waals surface area (Å²) in [6.07, 6.45) is 6.55. The van der Waals surface area contributed by atoms with Gasteiger partial charge >= 0.3 is 0 Å². The number of aromatic nitrogens is 2. The number of benzene rings is 2. The quantitative estimate of drug-likeness (QED) is 0.298. The molecule has 2 aromatic carbocycles. The third kappa shape index (κ3) is 1.07. The molecular weight excluding hydrogens is 280 g/mol. The average molecular weight is 297 g/mol. The van der Waals surface area contributed by atoms with Crippen molar-refractivity contribution in [1.29, 1.82) is 0 Å². The highest BCUT2D eigenvalue weighted by Crippen LogP contribution is 2.52. The summed E-state index contributed by atoms with van der Waals surface area (Å²) in [5.74, 6) is 1.46. The molecule has 2 unspecified atom stereocenters. The highest BCUT2D eigenvalue weighted by molar-refractivity contribution is 6.13. The van der Waals surface area contributed by atoms with Crippen molar-refractivity contribution in [1.82, 2.24) is 4.40 Å². The van der Waals surface area contributed by atoms with Gasteiger partial charge in [0.25, 0.3) is 5.65 Å². The molecule has 0 bridgehead atoms. The second-order valence-electron chi connectivity index (χ2n) is 7.57. The third-order valence-corrected chi connectivity index (χ3v) is 6.62. The second kappa shape index (κ2) is 3.43. The normalized spacial score (nSPS) is 23.8. The molecular formula is C21H17N2+. The number of fused-ring (bicyclic) bond motifs is 4. The lowest BCUT2D eigenvalue weighted by molar-refractivity contribution is -0.657. The van der Waals surface area contributed by atoms with Gasteiger partial charge in [-0.15, -0.1) is 0 Å². The first-order chi connectivity index (χ1) is 11.4. The van der Waals surface area contributed by atoms with Crippen LogP contribution in [0.15, 0.2) is 42.6 Å². The Hall–Kier alpha value is -2.35. The molecule has 2 nitrogen and oxygen atoms in total. The number of imidazole rings is 1. The summed E-state index contributed by atoms with van der Waals surface area (Å²) < 4.78 is 5.12. The molecule has 0 spiro atoms. The van der Waals surface area contributed by atoms with Gasteiger partial charge in [-0.25, -0.2) is 4.57 Å². The molecule has 2 atom stereocenters. The van der Waals surface area contributed by atoms with Crippen molar-refractivity contribution in [2.75, 3.05) is 0 Å². The van der Waals surface area contributed by atoms with E-state index in [1.807, 2.05) is 0 Å². The van der Waals surface area contributed by atoms with Crippen molar-refractivity contribution in [3.05, 3.63) is 59.4 Å². The first-order valence-corrected chi connectivity index (χ1v) is 8.83. The fourth-order valence-electron chi connectivity index (χ4n) is 5.82. The van der Waals surface area contributed by atoms with Crippen LogP contribution in [-0.2, 0) is 6.54 Å². The molecule has 4 heterocycles. The number of pyridine rings is 1. The smallest absolute Gasteiger partial charge is 0.225 e. The van der Waals surface area contributed by atoms with E-state index in [1.165, 1.54) is 52.1 Å². The molecule has 1 saturated carbocycles. The summed E-state index contributed by atoms with van der Waals surface area (Å²) in [5, 5.41) is 4.38. The summed E-state index contributed by atoms with van der Waals surface area (Å²) in [6.45, 7) is 1.04. The average Bonchev–Trinajstić information content (AvgIpc) is 3.26. The summed E-state index contributed by atoms with van der Waals surface area (Å²) in [6, 6.07) is 13.9. The van der Waals surface area contributed by atoms with Crippen LogP contribution in [0.25, 0.3) is 27.3 Å². The van der Waals surface area contributed by atoms with Gasteiger partial charge in [-0.05, 0) is 18.8 Å². The van der Waals surface area contributed by atoms with Crippen LogP contribution in [0.3, 0.4) is 0 Å². The van der Waals surface area contributed by atoms with Crippen molar-refractivity contribution in [3.63, 3.8) is 0 Å². The maximum atomic E-state index is 2.62. The molecule has 0 amide bonds. The van der Waals surface area contributed by atoms with Crippen LogP contribution in [0.4, 0.5) is 0 Å². The maximum absolute atomic E-state index is 2.62. The van der Waals surface area contributed by atoms with E-state index in [2.05, 4.69) is 51.6 Å². The van der Waals surface area contributed by atoms with Crippen LogP contribution >= 0.6 is 0 Å². The summed E-state index contributed by atoms with van der Waals surface area (Å²) in [7, 11) is 0. The molecule has 2 heteroatoms. The molecule has 2 aliphatic heterocycles. The SMILES string of the molecule is c1cc2c3c(c1)c1cccc4c1n1c(c[n+](c31)C2)C1CCCC41. The first kappa shape index (κ1) is 11.2.